The first-order valence-electron chi connectivity index (χ1n) is 7.81. The van der Waals surface area contributed by atoms with Crippen molar-refractivity contribution in [3.05, 3.63) is 65.7 Å². The van der Waals surface area contributed by atoms with Crippen LogP contribution < -0.4 is 4.90 Å². The SMILES string of the molecule is CCN(CC)C(=O)c1cccc(C(=O)N(C)c2ccccc2)c1. The largest absolute Gasteiger partial charge is 0.339 e. The van der Waals surface area contributed by atoms with E-state index in [0.717, 1.165) is 5.69 Å². The highest BCUT2D eigenvalue weighted by Gasteiger charge is 2.17. The average molecular weight is 310 g/mol. The molecule has 0 saturated heterocycles. The third-order valence-electron chi connectivity index (χ3n) is 3.86. The number of hydrogen-bond donors (Lipinski definition) is 0. The molecule has 23 heavy (non-hydrogen) atoms. The van der Waals surface area contributed by atoms with E-state index in [0.29, 0.717) is 24.2 Å². The Kier molecular flexibility index (Phi) is 5.52. The topological polar surface area (TPSA) is 40.6 Å². The summed E-state index contributed by atoms with van der Waals surface area (Å²) in [6, 6.07) is 16.3. The van der Waals surface area contributed by atoms with E-state index >= 15 is 0 Å². The van der Waals surface area contributed by atoms with Crippen molar-refractivity contribution in [2.45, 2.75) is 13.8 Å². The van der Waals surface area contributed by atoms with E-state index in [9.17, 15) is 9.59 Å². The molecule has 0 aliphatic carbocycles. The van der Waals surface area contributed by atoms with E-state index < -0.39 is 0 Å². The van der Waals surface area contributed by atoms with Gasteiger partial charge in [0.25, 0.3) is 11.8 Å². The molecule has 0 N–H and O–H groups in total. The Hall–Kier alpha value is -2.62. The van der Waals surface area contributed by atoms with Gasteiger partial charge in [-0.15, -0.1) is 0 Å². The fourth-order valence-corrected chi connectivity index (χ4v) is 2.44. The lowest BCUT2D eigenvalue weighted by Crippen LogP contribution is -2.31. The molecule has 2 aromatic carbocycles. The molecule has 0 radical (unpaired) electrons. The summed E-state index contributed by atoms with van der Waals surface area (Å²) < 4.78 is 0. The van der Waals surface area contributed by atoms with E-state index in [1.165, 1.54) is 0 Å². The number of benzene rings is 2. The molecule has 0 aliphatic rings. The van der Waals surface area contributed by atoms with Gasteiger partial charge in [-0.2, -0.15) is 0 Å². The number of carbonyl (C=O) groups excluding carboxylic acids is 2. The molecule has 0 aliphatic heterocycles. The highest BCUT2D eigenvalue weighted by Crippen LogP contribution is 2.16. The van der Waals surface area contributed by atoms with E-state index in [2.05, 4.69) is 0 Å². The van der Waals surface area contributed by atoms with Crippen molar-refractivity contribution in [2.75, 3.05) is 25.0 Å². The Morgan fingerprint density at radius 3 is 1.96 bits per heavy atom. The molecule has 0 bridgehead atoms. The second kappa shape index (κ2) is 7.58. The molecule has 0 saturated carbocycles. The predicted molar refractivity (Wildman–Crippen MR) is 92.9 cm³/mol. The van der Waals surface area contributed by atoms with Gasteiger partial charge < -0.3 is 9.80 Å². The average Bonchev–Trinajstić information content (AvgIpc) is 2.62. The maximum atomic E-state index is 12.6. The third-order valence-corrected chi connectivity index (χ3v) is 3.86. The van der Waals surface area contributed by atoms with Gasteiger partial charge in [-0.3, -0.25) is 9.59 Å². The maximum Gasteiger partial charge on any atom is 0.258 e. The summed E-state index contributed by atoms with van der Waals surface area (Å²) in [7, 11) is 1.73. The standard InChI is InChI=1S/C19H22N2O2/c1-4-21(5-2)19(23)16-11-9-10-15(14-16)18(22)20(3)17-12-7-6-8-13-17/h6-14H,4-5H2,1-3H3. The van der Waals surface area contributed by atoms with Gasteiger partial charge in [0.2, 0.25) is 0 Å². The van der Waals surface area contributed by atoms with Gasteiger partial charge in [-0.05, 0) is 44.2 Å². The van der Waals surface area contributed by atoms with Crippen molar-refractivity contribution in [1.29, 1.82) is 0 Å². The zero-order valence-corrected chi connectivity index (χ0v) is 13.8. The van der Waals surface area contributed by atoms with Crippen LogP contribution in [0.25, 0.3) is 0 Å². The van der Waals surface area contributed by atoms with E-state index in [1.807, 2.05) is 44.2 Å². The van der Waals surface area contributed by atoms with Crippen LogP contribution in [0, 0.1) is 0 Å². The van der Waals surface area contributed by atoms with Crippen LogP contribution >= 0.6 is 0 Å². The van der Waals surface area contributed by atoms with Gasteiger partial charge >= 0.3 is 0 Å². The van der Waals surface area contributed by atoms with Crippen molar-refractivity contribution in [3.8, 4) is 0 Å². The fraction of sp³-hybridized carbons (Fsp3) is 0.263. The number of para-hydroxylation sites is 1. The number of anilines is 1. The van der Waals surface area contributed by atoms with Crippen LogP contribution in [0.5, 0.6) is 0 Å². The van der Waals surface area contributed by atoms with Crippen LogP contribution in [0.3, 0.4) is 0 Å². The lowest BCUT2D eigenvalue weighted by molar-refractivity contribution is 0.0773. The smallest absolute Gasteiger partial charge is 0.258 e. The summed E-state index contributed by atoms with van der Waals surface area (Å²) in [6.45, 7) is 5.19. The number of nitrogens with zero attached hydrogens (tertiary/aromatic N) is 2. The lowest BCUT2D eigenvalue weighted by atomic mass is 10.1. The van der Waals surface area contributed by atoms with E-state index in [4.69, 9.17) is 0 Å². The minimum atomic E-state index is -0.134. The second-order valence-electron chi connectivity index (χ2n) is 5.26. The second-order valence-corrected chi connectivity index (χ2v) is 5.26. The van der Waals surface area contributed by atoms with Crippen molar-refractivity contribution >= 4 is 17.5 Å². The minimum Gasteiger partial charge on any atom is -0.339 e. The van der Waals surface area contributed by atoms with Gasteiger partial charge in [-0.1, -0.05) is 24.3 Å². The molecule has 2 amide bonds. The zero-order valence-electron chi connectivity index (χ0n) is 13.8. The number of amides is 2. The van der Waals surface area contributed by atoms with E-state index in [1.54, 1.807) is 41.1 Å². The molecule has 4 heteroatoms. The molecule has 0 atom stereocenters. The first kappa shape index (κ1) is 16.7. The Bertz CT molecular complexity index is 679. The third kappa shape index (κ3) is 3.77. The van der Waals surface area contributed by atoms with Crippen molar-refractivity contribution in [1.82, 2.24) is 4.90 Å². The maximum absolute atomic E-state index is 12.6. The van der Waals surface area contributed by atoms with Gasteiger partial charge in [0.05, 0.1) is 0 Å². The first-order valence-corrected chi connectivity index (χ1v) is 7.81. The normalized spacial score (nSPS) is 10.2. The Balaban J connectivity index is 2.25. The molecule has 0 aromatic heterocycles. The van der Waals surface area contributed by atoms with Crippen LogP contribution in [0.2, 0.25) is 0 Å². The molecule has 0 heterocycles. The molecule has 2 aromatic rings. The van der Waals surface area contributed by atoms with Gasteiger partial charge in [0.15, 0.2) is 0 Å². The molecule has 2 rings (SSSR count). The minimum absolute atomic E-state index is 0.0491. The Morgan fingerprint density at radius 1 is 0.826 bits per heavy atom. The number of carbonyl (C=O) groups is 2. The number of rotatable bonds is 5. The van der Waals surface area contributed by atoms with E-state index in [-0.39, 0.29) is 11.8 Å². The summed E-state index contributed by atoms with van der Waals surface area (Å²) >= 11 is 0. The first-order chi connectivity index (χ1) is 11.1. The Morgan fingerprint density at radius 2 is 1.39 bits per heavy atom. The monoisotopic (exact) mass is 310 g/mol. The van der Waals surface area contributed by atoms with Gasteiger partial charge in [0, 0.05) is 37.0 Å². The van der Waals surface area contributed by atoms with Crippen molar-refractivity contribution < 1.29 is 9.59 Å². The molecule has 0 fully saturated rings. The summed E-state index contributed by atoms with van der Waals surface area (Å²) in [5, 5.41) is 0. The van der Waals surface area contributed by atoms with Crippen LogP contribution in [-0.4, -0.2) is 36.9 Å². The lowest BCUT2D eigenvalue weighted by Gasteiger charge is -2.20. The highest BCUT2D eigenvalue weighted by atomic mass is 16.2. The zero-order chi connectivity index (χ0) is 16.8. The molecular weight excluding hydrogens is 288 g/mol. The molecular formula is C19H22N2O2. The van der Waals surface area contributed by atoms with Crippen LogP contribution in [0.15, 0.2) is 54.6 Å². The summed E-state index contributed by atoms with van der Waals surface area (Å²) in [5.41, 5.74) is 1.87. The summed E-state index contributed by atoms with van der Waals surface area (Å²) in [5.74, 6) is -0.183. The van der Waals surface area contributed by atoms with Crippen molar-refractivity contribution in [3.63, 3.8) is 0 Å². The summed E-state index contributed by atoms with van der Waals surface area (Å²) in [6.07, 6.45) is 0. The molecule has 4 nitrogen and oxygen atoms in total. The Labute approximate surface area is 137 Å². The number of hydrogen-bond acceptors (Lipinski definition) is 2. The van der Waals surface area contributed by atoms with Crippen molar-refractivity contribution in [2.24, 2.45) is 0 Å². The fourth-order valence-electron chi connectivity index (χ4n) is 2.44. The predicted octanol–water partition coefficient (Wildman–Crippen LogP) is 3.45. The highest BCUT2D eigenvalue weighted by molar-refractivity contribution is 6.07. The molecule has 0 unspecified atom stereocenters. The summed E-state index contributed by atoms with van der Waals surface area (Å²) in [4.78, 5) is 28.4. The van der Waals surface area contributed by atoms with Gasteiger partial charge in [0.1, 0.15) is 0 Å². The van der Waals surface area contributed by atoms with Crippen LogP contribution in [0.1, 0.15) is 34.6 Å². The molecule has 0 spiro atoms. The molecule has 120 valence electrons. The van der Waals surface area contributed by atoms with Crippen LogP contribution in [-0.2, 0) is 0 Å². The van der Waals surface area contributed by atoms with Gasteiger partial charge in [-0.25, -0.2) is 0 Å². The quantitative estimate of drug-likeness (QED) is 0.848. The van der Waals surface area contributed by atoms with Crippen LogP contribution in [0.4, 0.5) is 5.69 Å².